The lowest BCUT2D eigenvalue weighted by atomic mass is 10.1. The van der Waals surface area contributed by atoms with Crippen LogP contribution in [0.15, 0.2) is 36.5 Å². The summed E-state index contributed by atoms with van der Waals surface area (Å²) in [7, 11) is 1.65. The molecule has 1 amide bonds. The van der Waals surface area contributed by atoms with Crippen LogP contribution in [0.4, 0.5) is 0 Å². The van der Waals surface area contributed by atoms with Gasteiger partial charge in [-0.2, -0.15) is 5.10 Å². The molecular formula is C20H24N4O2. The van der Waals surface area contributed by atoms with Gasteiger partial charge in [-0.05, 0) is 51.0 Å². The third kappa shape index (κ3) is 3.69. The Balaban J connectivity index is 1.68. The average molecular weight is 352 g/mol. The largest absolute Gasteiger partial charge is 0.497 e. The van der Waals surface area contributed by atoms with Crippen molar-refractivity contribution in [1.82, 2.24) is 20.1 Å². The van der Waals surface area contributed by atoms with E-state index in [1.54, 1.807) is 13.3 Å². The Morgan fingerprint density at radius 1 is 1.27 bits per heavy atom. The van der Waals surface area contributed by atoms with Gasteiger partial charge < -0.3 is 10.1 Å². The van der Waals surface area contributed by atoms with Crippen molar-refractivity contribution in [2.24, 2.45) is 0 Å². The number of benzene rings is 1. The SMILES string of the molecule is COc1ccc(CCNC(=O)c2cc3cnn(C(C)C)c3nc2C)cc1. The molecule has 0 spiro atoms. The van der Waals surface area contributed by atoms with Crippen LogP contribution < -0.4 is 10.1 Å². The van der Waals surface area contributed by atoms with E-state index < -0.39 is 0 Å². The number of pyridine rings is 1. The lowest BCUT2D eigenvalue weighted by Crippen LogP contribution is -2.26. The van der Waals surface area contributed by atoms with Crippen LogP contribution in [-0.4, -0.2) is 34.3 Å². The average Bonchev–Trinajstić information content (AvgIpc) is 3.04. The van der Waals surface area contributed by atoms with E-state index in [4.69, 9.17) is 4.74 Å². The van der Waals surface area contributed by atoms with E-state index >= 15 is 0 Å². The van der Waals surface area contributed by atoms with Gasteiger partial charge in [0.1, 0.15) is 5.75 Å². The predicted octanol–water partition coefficient (Wildman–Crippen LogP) is 3.30. The zero-order valence-corrected chi connectivity index (χ0v) is 15.6. The Morgan fingerprint density at radius 3 is 2.65 bits per heavy atom. The minimum absolute atomic E-state index is 0.109. The number of ether oxygens (including phenoxy) is 1. The summed E-state index contributed by atoms with van der Waals surface area (Å²) < 4.78 is 7.02. The summed E-state index contributed by atoms with van der Waals surface area (Å²) in [6.07, 6.45) is 2.52. The Morgan fingerprint density at radius 2 is 2.00 bits per heavy atom. The first-order valence-electron chi connectivity index (χ1n) is 8.75. The number of amides is 1. The Hall–Kier alpha value is -2.89. The number of fused-ring (bicyclic) bond motifs is 1. The summed E-state index contributed by atoms with van der Waals surface area (Å²) in [6.45, 7) is 6.54. The van der Waals surface area contributed by atoms with Crippen LogP contribution in [0.5, 0.6) is 5.75 Å². The van der Waals surface area contributed by atoms with Crippen molar-refractivity contribution < 1.29 is 9.53 Å². The smallest absolute Gasteiger partial charge is 0.253 e. The van der Waals surface area contributed by atoms with Crippen molar-refractivity contribution in [3.8, 4) is 5.75 Å². The fourth-order valence-electron chi connectivity index (χ4n) is 2.88. The van der Waals surface area contributed by atoms with E-state index in [2.05, 4.69) is 29.2 Å². The lowest BCUT2D eigenvalue weighted by molar-refractivity contribution is 0.0953. The number of nitrogens with zero attached hydrogens (tertiary/aromatic N) is 3. The predicted molar refractivity (Wildman–Crippen MR) is 102 cm³/mol. The summed E-state index contributed by atoms with van der Waals surface area (Å²) in [4.78, 5) is 17.1. The van der Waals surface area contributed by atoms with E-state index in [9.17, 15) is 4.79 Å². The summed E-state index contributed by atoms with van der Waals surface area (Å²) >= 11 is 0. The van der Waals surface area contributed by atoms with Gasteiger partial charge in [-0.15, -0.1) is 0 Å². The van der Waals surface area contributed by atoms with E-state index in [0.717, 1.165) is 28.8 Å². The molecule has 3 rings (SSSR count). The van der Waals surface area contributed by atoms with Gasteiger partial charge in [-0.1, -0.05) is 12.1 Å². The molecule has 2 aromatic heterocycles. The minimum Gasteiger partial charge on any atom is -0.497 e. The van der Waals surface area contributed by atoms with Crippen molar-refractivity contribution in [3.63, 3.8) is 0 Å². The van der Waals surface area contributed by atoms with Gasteiger partial charge in [0.2, 0.25) is 0 Å². The second-order valence-electron chi connectivity index (χ2n) is 6.57. The molecule has 0 saturated heterocycles. The third-order valence-electron chi connectivity index (χ3n) is 4.35. The van der Waals surface area contributed by atoms with Crippen molar-refractivity contribution in [2.45, 2.75) is 33.2 Å². The molecular weight excluding hydrogens is 328 g/mol. The minimum atomic E-state index is -0.109. The Kier molecular flexibility index (Phi) is 5.21. The molecule has 1 N–H and O–H groups in total. The number of rotatable bonds is 6. The van der Waals surface area contributed by atoms with Crippen LogP contribution in [0.25, 0.3) is 11.0 Å². The summed E-state index contributed by atoms with van der Waals surface area (Å²) in [5.41, 5.74) is 3.26. The van der Waals surface area contributed by atoms with Crippen LogP contribution in [0.1, 0.15) is 41.5 Å². The van der Waals surface area contributed by atoms with Crippen molar-refractivity contribution in [2.75, 3.05) is 13.7 Å². The van der Waals surface area contributed by atoms with Crippen LogP contribution >= 0.6 is 0 Å². The van der Waals surface area contributed by atoms with Crippen molar-refractivity contribution in [1.29, 1.82) is 0 Å². The van der Waals surface area contributed by atoms with Gasteiger partial charge in [-0.25, -0.2) is 9.67 Å². The maximum atomic E-state index is 12.5. The first-order chi connectivity index (χ1) is 12.5. The highest BCUT2D eigenvalue weighted by atomic mass is 16.5. The van der Waals surface area contributed by atoms with E-state index in [0.29, 0.717) is 17.8 Å². The number of aryl methyl sites for hydroxylation is 1. The molecule has 0 fully saturated rings. The molecule has 2 heterocycles. The molecule has 136 valence electrons. The normalized spacial score (nSPS) is 11.1. The molecule has 6 heteroatoms. The quantitative estimate of drug-likeness (QED) is 0.739. The van der Waals surface area contributed by atoms with E-state index in [-0.39, 0.29) is 11.9 Å². The molecule has 0 aliphatic rings. The van der Waals surface area contributed by atoms with Gasteiger partial charge in [0.25, 0.3) is 5.91 Å². The van der Waals surface area contributed by atoms with Crippen LogP contribution in [0, 0.1) is 6.92 Å². The van der Waals surface area contributed by atoms with Crippen LogP contribution in [-0.2, 0) is 6.42 Å². The number of carbonyl (C=O) groups excluding carboxylic acids is 1. The first kappa shape index (κ1) is 17.9. The monoisotopic (exact) mass is 352 g/mol. The maximum Gasteiger partial charge on any atom is 0.253 e. The summed E-state index contributed by atoms with van der Waals surface area (Å²) in [5, 5.41) is 8.22. The highest BCUT2D eigenvalue weighted by Crippen LogP contribution is 2.19. The summed E-state index contributed by atoms with van der Waals surface area (Å²) in [6, 6.07) is 9.95. The van der Waals surface area contributed by atoms with Gasteiger partial charge in [0.15, 0.2) is 5.65 Å². The standard InChI is InChI=1S/C20H24N4O2/c1-13(2)24-19-16(12-22-24)11-18(14(3)23-19)20(25)21-10-9-15-5-7-17(26-4)8-6-15/h5-8,11-13H,9-10H2,1-4H3,(H,21,25). The maximum absolute atomic E-state index is 12.5. The van der Waals surface area contributed by atoms with Gasteiger partial charge >= 0.3 is 0 Å². The van der Waals surface area contributed by atoms with E-state index in [1.807, 2.05) is 41.9 Å². The number of aromatic nitrogens is 3. The van der Waals surface area contributed by atoms with Gasteiger partial charge in [0, 0.05) is 18.0 Å². The molecule has 26 heavy (non-hydrogen) atoms. The molecule has 0 unspecified atom stereocenters. The number of hydrogen-bond acceptors (Lipinski definition) is 4. The Labute approximate surface area is 153 Å². The van der Waals surface area contributed by atoms with Gasteiger partial charge in [-0.3, -0.25) is 4.79 Å². The molecule has 1 aromatic carbocycles. The zero-order chi connectivity index (χ0) is 18.7. The highest BCUT2D eigenvalue weighted by Gasteiger charge is 2.15. The van der Waals surface area contributed by atoms with Crippen LogP contribution in [0.2, 0.25) is 0 Å². The number of hydrogen-bond donors (Lipinski definition) is 1. The number of methoxy groups -OCH3 is 1. The molecule has 0 bridgehead atoms. The number of carbonyl (C=O) groups is 1. The van der Waals surface area contributed by atoms with Crippen molar-refractivity contribution >= 4 is 16.9 Å². The van der Waals surface area contributed by atoms with E-state index in [1.165, 1.54) is 0 Å². The second kappa shape index (κ2) is 7.56. The first-order valence-corrected chi connectivity index (χ1v) is 8.75. The lowest BCUT2D eigenvalue weighted by Gasteiger charge is -2.10. The summed E-state index contributed by atoms with van der Waals surface area (Å²) in [5.74, 6) is 0.720. The molecule has 0 radical (unpaired) electrons. The molecule has 0 saturated carbocycles. The fourth-order valence-corrected chi connectivity index (χ4v) is 2.88. The van der Waals surface area contributed by atoms with Crippen molar-refractivity contribution in [3.05, 3.63) is 53.3 Å². The molecule has 0 atom stereocenters. The topological polar surface area (TPSA) is 69.0 Å². The molecule has 6 nitrogen and oxygen atoms in total. The Bertz CT molecular complexity index is 913. The molecule has 0 aliphatic carbocycles. The third-order valence-corrected chi connectivity index (χ3v) is 4.35. The van der Waals surface area contributed by atoms with Crippen LogP contribution in [0.3, 0.4) is 0 Å². The molecule has 3 aromatic rings. The van der Waals surface area contributed by atoms with Gasteiger partial charge in [0.05, 0.1) is 24.6 Å². The highest BCUT2D eigenvalue weighted by molar-refractivity contribution is 5.98. The number of nitrogens with one attached hydrogen (secondary N) is 1. The fraction of sp³-hybridized carbons (Fsp3) is 0.350. The molecule has 0 aliphatic heterocycles. The second-order valence-corrected chi connectivity index (χ2v) is 6.57. The zero-order valence-electron chi connectivity index (χ0n) is 15.6.